The van der Waals surface area contributed by atoms with Gasteiger partial charge in [-0.15, -0.1) is 10.2 Å². The molecule has 0 saturated heterocycles. The summed E-state index contributed by atoms with van der Waals surface area (Å²) in [5.41, 5.74) is 2.22. The van der Waals surface area contributed by atoms with Gasteiger partial charge in [-0.1, -0.05) is 12.1 Å². The number of aryl methyl sites for hydroxylation is 2. The van der Waals surface area contributed by atoms with Crippen LogP contribution in [0.4, 0.5) is 11.4 Å². The summed E-state index contributed by atoms with van der Waals surface area (Å²) in [4.78, 5) is 10.8. The Hall–Kier alpha value is -4.26. The number of hydrogen-bond acceptors (Lipinski definition) is 8. The van der Waals surface area contributed by atoms with Crippen LogP contribution >= 0.6 is 0 Å². The number of nitrogens with zero attached hydrogens (tertiary/aromatic N) is 5. The summed E-state index contributed by atoms with van der Waals surface area (Å²) in [7, 11) is 0. The van der Waals surface area contributed by atoms with E-state index in [9.17, 15) is 15.4 Å². The molecular weight excluding hydrogens is 362 g/mol. The molecular formula is C18H15N7O3. The highest BCUT2D eigenvalue weighted by molar-refractivity contribution is 5.74. The average Bonchev–Trinajstić information content (AvgIpc) is 3.19. The van der Waals surface area contributed by atoms with E-state index in [-0.39, 0.29) is 22.8 Å². The van der Waals surface area contributed by atoms with Crippen LogP contribution in [0.5, 0.6) is 11.5 Å². The van der Waals surface area contributed by atoms with Gasteiger partial charge >= 0.3 is 0 Å². The van der Waals surface area contributed by atoms with Gasteiger partial charge in [0.15, 0.2) is 0 Å². The van der Waals surface area contributed by atoms with E-state index in [2.05, 4.69) is 25.9 Å². The minimum atomic E-state index is -0.519. The lowest BCUT2D eigenvalue weighted by molar-refractivity contribution is -0.384. The molecule has 0 spiro atoms. The van der Waals surface area contributed by atoms with Gasteiger partial charge in [0.2, 0.25) is 5.82 Å². The van der Waals surface area contributed by atoms with E-state index in [0.717, 1.165) is 11.1 Å². The van der Waals surface area contributed by atoms with Crippen molar-refractivity contribution < 1.29 is 9.66 Å². The van der Waals surface area contributed by atoms with Crippen molar-refractivity contribution >= 4 is 16.9 Å². The first-order valence-corrected chi connectivity index (χ1v) is 8.11. The Labute approximate surface area is 159 Å². The molecule has 0 bridgehead atoms. The van der Waals surface area contributed by atoms with Crippen molar-refractivity contribution in [2.75, 3.05) is 5.32 Å². The maximum Gasteiger partial charge on any atom is 0.275 e. The highest BCUT2D eigenvalue weighted by atomic mass is 16.6. The van der Waals surface area contributed by atoms with Crippen LogP contribution in [0.2, 0.25) is 0 Å². The predicted octanol–water partition coefficient (Wildman–Crippen LogP) is 3.49. The molecule has 1 aromatic heterocycles. The zero-order valence-corrected chi connectivity index (χ0v) is 15.0. The lowest BCUT2D eigenvalue weighted by Gasteiger charge is -2.11. The molecule has 0 unspecified atom stereocenters. The number of nitro benzene ring substituents is 1. The van der Waals surface area contributed by atoms with E-state index in [1.165, 1.54) is 18.3 Å². The van der Waals surface area contributed by atoms with Gasteiger partial charge in [-0.05, 0) is 36.3 Å². The lowest BCUT2D eigenvalue weighted by Crippen LogP contribution is -1.97. The molecule has 0 amide bonds. The molecule has 3 aromatic rings. The second-order valence-electron chi connectivity index (χ2n) is 5.89. The van der Waals surface area contributed by atoms with Gasteiger partial charge in [0.25, 0.3) is 5.69 Å². The summed E-state index contributed by atoms with van der Waals surface area (Å²) in [6, 6.07) is 11.9. The maximum atomic E-state index is 11.3. The van der Waals surface area contributed by atoms with Crippen molar-refractivity contribution in [2.24, 2.45) is 0 Å². The van der Waals surface area contributed by atoms with E-state index in [1.807, 2.05) is 38.1 Å². The van der Waals surface area contributed by atoms with Crippen LogP contribution in [0, 0.1) is 35.3 Å². The highest BCUT2D eigenvalue weighted by Gasteiger charge is 2.13. The number of rotatable bonds is 6. The molecule has 10 nitrogen and oxygen atoms in total. The zero-order valence-electron chi connectivity index (χ0n) is 15.0. The molecule has 28 heavy (non-hydrogen) atoms. The number of aromatic nitrogens is 4. The van der Waals surface area contributed by atoms with Crippen LogP contribution in [-0.2, 0) is 0 Å². The maximum absolute atomic E-state index is 11.3. The first-order valence-electron chi connectivity index (χ1n) is 8.11. The minimum Gasteiger partial charge on any atom is -0.457 e. The van der Waals surface area contributed by atoms with Crippen molar-refractivity contribution in [3.05, 3.63) is 69.7 Å². The minimum absolute atomic E-state index is 0.104. The largest absolute Gasteiger partial charge is 0.457 e. The van der Waals surface area contributed by atoms with Crippen LogP contribution in [-0.4, -0.2) is 25.5 Å². The molecule has 0 atom stereocenters. The van der Waals surface area contributed by atoms with Crippen LogP contribution in [0.25, 0.3) is 5.57 Å². The van der Waals surface area contributed by atoms with Crippen LogP contribution in [0.15, 0.2) is 42.6 Å². The normalized spacial score (nSPS) is 11.0. The van der Waals surface area contributed by atoms with Gasteiger partial charge in [-0.3, -0.25) is 10.1 Å². The number of aromatic amines is 1. The lowest BCUT2D eigenvalue weighted by atomic mass is 10.1. The van der Waals surface area contributed by atoms with Crippen molar-refractivity contribution in [1.82, 2.24) is 20.6 Å². The average molecular weight is 377 g/mol. The van der Waals surface area contributed by atoms with Gasteiger partial charge in [0, 0.05) is 24.0 Å². The third-order valence-corrected chi connectivity index (χ3v) is 3.76. The Balaban J connectivity index is 1.92. The Kier molecular flexibility index (Phi) is 5.27. The Morgan fingerprint density at radius 1 is 1.32 bits per heavy atom. The molecule has 10 heteroatoms. The second kappa shape index (κ2) is 7.96. The SMILES string of the molecule is Cc1ccc(C)c(Oc2cc(NC=C(C#N)c3nn[nH]n3)cc([N+](=O)[O-])c2)c1. The summed E-state index contributed by atoms with van der Waals surface area (Å²) in [5.74, 6) is 0.996. The molecule has 0 radical (unpaired) electrons. The first kappa shape index (κ1) is 18.5. The molecule has 0 aliphatic rings. The molecule has 3 rings (SSSR count). The third kappa shape index (κ3) is 4.28. The van der Waals surface area contributed by atoms with Crippen molar-refractivity contribution in [1.29, 1.82) is 5.26 Å². The highest BCUT2D eigenvalue weighted by Crippen LogP contribution is 2.31. The fourth-order valence-corrected chi connectivity index (χ4v) is 2.35. The monoisotopic (exact) mass is 377 g/mol. The Morgan fingerprint density at radius 3 is 2.82 bits per heavy atom. The Morgan fingerprint density at radius 2 is 2.14 bits per heavy atom. The van der Waals surface area contributed by atoms with E-state index in [0.29, 0.717) is 11.4 Å². The zero-order chi connectivity index (χ0) is 20.1. The number of nitriles is 1. The van der Waals surface area contributed by atoms with Crippen molar-refractivity contribution in [3.63, 3.8) is 0 Å². The number of anilines is 1. The molecule has 1 heterocycles. The third-order valence-electron chi connectivity index (χ3n) is 3.76. The first-order chi connectivity index (χ1) is 13.5. The predicted molar refractivity (Wildman–Crippen MR) is 100 cm³/mol. The topological polar surface area (TPSA) is 143 Å². The summed E-state index contributed by atoms with van der Waals surface area (Å²) in [6.45, 7) is 3.82. The molecule has 0 aliphatic heterocycles. The number of tetrazole rings is 1. The number of H-pyrrole nitrogens is 1. The number of nitrogens with one attached hydrogen (secondary N) is 2. The van der Waals surface area contributed by atoms with Crippen LogP contribution in [0.3, 0.4) is 0 Å². The van der Waals surface area contributed by atoms with Gasteiger partial charge in [0.05, 0.1) is 11.0 Å². The molecule has 0 saturated carbocycles. The van der Waals surface area contributed by atoms with Gasteiger partial charge < -0.3 is 10.1 Å². The van der Waals surface area contributed by atoms with E-state index in [1.54, 1.807) is 6.07 Å². The number of hydrogen-bond donors (Lipinski definition) is 2. The number of nitro groups is 1. The summed E-state index contributed by atoms with van der Waals surface area (Å²) in [5, 5.41) is 36.4. The number of allylic oxidation sites excluding steroid dienone is 1. The van der Waals surface area contributed by atoms with Crippen molar-refractivity contribution in [3.8, 4) is 17.6 Å². The van der Waals surface area contributed by atoms with E-state index < -0.39 is 4.92 Å². The Bertz CT molecular complexity index is 1090. The summed E-state index contributed by atoms with van der Waals surface area (Å²) in [6.07, 6.45) is 1.34. The quantitative estimate of drug-likeness (QED) is 0.377. The molecule has 0 aliphatic carbocycles. The molecule has 0 fully saturated rings. The fraction of sp³-hybridized carbons (Fsp3) is 0.111. The number of non-ortho nitro benzene ring substituents is 1. The number of ether oxygens (including phenoxy) is 1. The number of benzene rings is 2. The van der Waals surface area contributed by atoms with E-state index in [4.69, 9.17) is 4.74 Å². The summed E-state index contributed by atoms with van der Waals surface area (Å²) < 4.78 is 5.86. The summed E-state index contributed by atoms with van der Waals surface area (Å²) >= 11 is 0. The van der Waals surface area contributed by atoms with Crippen LogP contribution < -0.4 is 10.1 Å². The smallest absolute Gasteiger partial charge is 0.275 e. The van der Waals surface area contributed by atoms with E-state index >= 15 is 0 Å². The molecule has 140 valence electrons. The van der Waals surface area contributed by atoms with Gasteiger partial charge in [0.1, 0.15) is 23.1 Å². The fourth-order valence-electron chi connectivity index (χ4n) is 2.35. The van der Waals surface area contributed by atoms with Crippen molar-refractivity contribution in [2.45, 2.75) is 13.8 Å². The second-order valence-corrected chi connectivity index (χ2v) is 5.89. The van der Waals surface area contributed by atoms with Gasteiger partial charge in [-0.2, -0.15) is 10.5 Å². The molecule has 2 aromatic carbocycles. The standard InChI is InChI=1S/C18H15N7O3/c1-11-3-4-12(2)17(5-11)28-16-7-14(6-15(8-16)25(26)27)20-10-13(9-19)18-21-23-24-22-18/h3-8,10,20H,1-2H3,(H,21,22,23,24). The molecule has 2 N–H and O–H groups in total. The van der Waals surface area contributed by atoms with Gasteiger partial charge in [-0.25, -0.2) is 0 Å². The van der Waals surface area contributed by atoms with Crippen LogP contribution in [0.1, 0.15) is 17.0 Å².